The Bertz CT molecular complexity index is 294. The SMILES string of the molecule is CSCCc1ccccc1C(F)(F)F. The van der Waals surface area contributed by atoms with Crippen molar-refractivity contribution in [3.05, 3.63) is 35.4 Å². The van der Waals surface area contributed by atoms with Gasteiger partial charge in [0.15, 0.2) is 0 Å². The number of hydrogen-bond acceptors (Lipinski definition) is 1. The molecule has 0 bridgehead atoms. The molecule has 1 rings (SSSR count). The van der Waals surface area contributed by atoms with E-state index in [4.69, 9.17) is 0 Å². The van der Waals surface area contributed by atoms with Crippen LogP contribution in [0.1, 0.15) is 11.1 Å². The van der Waals surface area contributed by atoms with Crippen molar-refractivity contribution in [1.82, 2.24) is 0 Å². The van der Waals surface area contributed by atoms with Gasteiger partial charge in [0.2, 0.25) is 0 Å². The van der Waals surface area contributed by atoms with Crippen LogP contribution >= 0.6 is 11.8 Å². The van der Waals surface area contributed by atoms with Gasteiger partial charge >= 0.3 is 6.18 Å². The number of aryl methyl sites for hydroxylation is 1. The molecule has 0 aliphatic rings. The number of halogens is 3. The zero-order chi connectivity index (χ0) is 10.6. The van der Waals surface area contributed by atoms with E-state index in [1.165, 1.54) is 6.07 Å². The fourth-order valence-corrected chi connectivity index (χ4v) is 1.65. The fourth-order valence-electron chi connectivity index (χ4n) is 1.23. The molecule has 0 saturated heterocycles. The third-order valence-corrected chi connectivity index (χ3v) is 2.51. The smallest absolute Gasteiger partial charge is 0.166 e. The van der Waals surface area contributed by atoms with Gasteiger partial charge in [-0.2, -0.15) is 24.9 Å². The molecule has 0 aromatic heterocycles. The van der Waals surface area contributed by atoms with Crippen LogP contribution in [-0.4, -0.2) is 12.0 Å². The fraction of sp³-hybridized carbons (Fsp3) is 0.400. The van der Waals surface area contributed by atoms with Crippen LogP contribution < -0.4 is 0 Å². The molecule has 0 saturated carbocycles. The molecule has 0 heterocycles. The first kappa shape index (κ1) is 11.4. The van der Waals surface area contributed by atoms with Gasteiger partial charge in [-0.25, -0.2) is 0 Å². The predicted molar refractivity (Wildman–Crippen MR) is 53.5 cm³/mol. The second-order valence-electron chi connectivity index (χ2n) is 2.90. The molecule has 0 radical (unpaired) electrons. The topological polar surface area (TPSA) is 0 Å². The highest BCUT2D eigenvalue weighted by Gasteiger charge is 2.32. The van der Waals surface area contributed by atoms with Gasteiger partial charge in [-0.3, -0.25) is 0 Å². The van der Waals surface area contributed by atoms with Gasteiger partial charge in [0.1, 0.15) is 0 Å². The number of benzene rings is 1. The van der Waals surface area contributed by atoms with Gasteiger partial charge in [-0.1, -0.05) is 18.2 Å². The summed E-state index contributed by atoms with van der Waals surface area (Å²) >= 11 is 1.55. The van der Waals surface area contributed by atoms with Crippen molar-refractivity contribution >= 4 is 11.8 Å². The maximum Gasteiger partial charge on any atom is 0.416 e. The minimum Gasteiger partial charge on any atom is -0.166 e. The maximum absolute atomic E-state index is 12.5. The molecule has 0 amide bonds. The normalized spacial score (nSPS) is 11.7. The lowest BCUT2D eigenvalue weighted by molar-refractivity contribution is -0.138. The maximum atomic E-state index is 12.5. The Labute approximate surface area is 85.5 Å². The van der Waals surface area contributed by atoms with Crippen LogP contribution in [0.25, 0.3) is 0 Å². The molecule has 0 N–H and O–H groups in total. The Morgan fingerprint density at radius 2 is 1.86 bits per heavy atom. The summed E-state index contributed by atoms with van der Waals surface area (Å²) in [6.07, 6.45) is -1.87. The number of hydrogen-bond donors (Lipinski definition) is 0. The number of alkyl halides is 3. The van der Waals surface area contributed by atoms with Crippen LogP contribution in [0.5, 0.6) is 0 Å². The van der Waals surface area contributed by atoms with Crippen molar-refractivity contribution in [2.75, 3.05) is 12.0 Å². The summed E-state index contributed by atoms with van der Waals surface area (Å²) in [6, 6.07) is 5.74. The summed E-state index contributed by atoms with van der Waals surface area (Å²) in [7, 11) is 0. The third kappa shape index (κ3) is 2.94. The van der Waals surface area contributed by atoms with Gasteiger partial charge in [0, 0.05) is 0 Å². The van der Waals surface area contributed by atoms with E-state index < -0.39 is 11.7 Å². The Kier molecular flexibility index (Phi) is 3.86. The van der Waals surface area contributed by atoms with Gasteiger partial charge in [-0.05, 0) is 30.1 Å². The number of rotatable bonds is 3. The average Bonchev–Trinajstić information content (AvgIpc) is 2.14. The highest BCUT2D eigenvalue weighted by molar-refractivity contribution is 7.98. The van der Waals surface area contributed by atoms with E-state index in [1.54, 1.807) is 23.9 Å². The van der Waals surface area contributed by atoms with Gasteiger partial charge in [0.05, 0.1) is 5.56 Å². The highest BCUT2D eigenvalue weighted by Crippen LogP contribution is 2.32. The van der Waals surface area contributed by atoms with Crippen molar-refractivity contribution in [2.45, 2.75) is 12.6 Å². The number of thioether (sulfide) groups is 1. The molecular weight excluding hydrogens is 209 g/mol. The van der Waals surface area contributed by atoms with E-state index in [2.05, 4.69) is 0 Å². The first-order chi connectivity index (χ1) is 6.55. The largest absolute Gasteiger partial charge is 0.416 e. The van der Waals surface area contributed by atoms with E-state index in [0.717, 1.165) is 6.07 Å². The van der Waals surface area contributed by atoms with Crippen LogP contribution in [0.3, 0.4) is 0 Å². The summed E-state index contributed by atoms with van der Waals surface area (Å²) in [4.78, 5) is 0. The zero-order valence-electron chi connectivity index (χ0n) is 7.77. The van der Waals surface area contributed by atoms with E-state index in [1.807, 2.05) is 6.26 Å². The summed E-state index contributed by atoms with van der Waals surface area (Å²) in [5.74, 6) is 0.715. The average molecular weight is 220 g/mol. The highest BCUT2D eigenvalue weighted by atomic mass is 32.2. The van der Waals surface area contributed by atoms with Crippen LogP contribution in [0.2, 0.25) is 0 Å². The van der Waals surface area contributed by atoms with Crippen molar-refractivity contribution in [1.29, 1.82) is 0 Å². The van der Waals surface area contributed by atoms with Crippen LogP contribution in [0.15, 0.2) is 24.3 Å². The quantitative estimate of drug-likeness (QED) is 0.749. The molecule has 0 aliphatic heterocycles. The summed E-state index contributed by atoms with van der Waals surface area (Å²) in [5.41, 5.74) is -0.122. The van der Waals surface area contributed by atoms with Gasteiger partial charge in [-0.15, -0.1) is 0 Å². The first-order valence-electron chi connectivity index (χ1n) is 4.19. The second-order valence-corrected chi connectivity index (χ2v) is 3.88. The van der Waals surface area contributed by atoms with Gasteiger partial charge < -0.3 is 0 Å². The van der Waals surface area contributed by atoms with Gasteiger partial charge in [0.25, 0.3) is 0 Å². The monoisotopic (exact) mass is 220 g/mol. The summed E-state index contributed by atoms with van der Waals surface area (Å²) in [5, 5.41) is 0. The van der Waals surface area contributed by atoms with Crippen molar-refractivity contribution in [2.24, 2.45) is 0 Å². The zero-order valence-corrected chi connectivity index (χ0v) is 8.58. The molecule has 4 heteroatoms. The van der Waals surface area contributed by atoms with Crippen molar-refractivity contribution < 1.29 is 13.2 Å². The Morgan fingerprint density at radius 1 is 1.21 bits per heavy atom. The molecule has 1 aromatic rings. The Balaban J connectivity index is 2.92. The van der Waals surface area contributed by atoms with Crippen molar-refractivity contribution in [3.63, 3.8) is 0 Å². The van der Waals surface area contributed by atoms with E-state index >= 15 is 0 Å². The lowest BCUT2D eigenvalue weighted by Gasteiger charge is -2.11. The summed E-state index contributed by atoms with van der Waals surface area (Å²) < 4.78 is 37.4. The molecule has 0 spiro atoms. The lowest BCUT2D eigenvalue weighted by Crippen LogP contribution is -2.09. The van der Waals surface area contributed by atoms with Crippen LogP contribution in [0.4, 0.5) is 13.2 Å². The Morgan fingerprint density at radius 3 is 2.43 bits per heavy atom. The Hall–Kier alpha value is -0.640. The molecule has 0 nitrogen and oxygen atoms in total. The molecule has 0 unspecified atom stereocenters. The van der Waals surface area contributed by atoms with E-state index in [9.17, 15) is 13.2 Å². The molecule has 0 atom stereocenters. The van der Waals surface area contributed by atoms with Crippen molar-refractivity contribution in [3.8, 4) is 0 Å². The van der Waals surface area contributed by atoms with E-state index in [0.29, 0.717) is 17.7 Å². The predicted octanol–water partition coefficient (Wildman–Crippen LogP) is 3.61. The first-order valence-corrected chi connectivity index (χ1v) is 5.59. The third-order valence-electron chi connectivity index (χ3n) is 1.90. The summed E-state index contributed by atoms with van der Waals surface area (Å²) in [6.45, 7) is 0. The molecule has 78 valence electrons. The molecule has 0 fully saturated rings. The molecule has 14 heavy (non-hydrogen) atoms. The molecule has 1 aromatic carbocycles. The minimum absolute atomic E-state index is 0.384. The van der Waals surface area contributed by atoms with Crippen LogP contribution in [-0.2, 0) is 12.6 Å². The van der Waals surface area contributed by atoms with Crippen LogP contribution in [0, 0.1) is 0 Å². The second kappa shape index (κ2) is 4.73. The minimum atomic E-state index is -4.23. The molecule has 0 aliphatic carbocycles. The standard InChI is InChI=1S/C10H11F3S/c1-14-7-6-8-4-2-3-5-9(8)10(11,12)13/h2-5H,6-7H2,1H3. The molecular formula is C10H11F3S. The van der Waals surface area contributed by atoms with E-state index in [-0.39, 0.29) is 0 Å². The lowest BCUT2D eigenvalue weighted by atomic mass is 10.1.